The molecule has 0 aromatic heterocycles. The van der Waals surface area contributed by atoms with Gasteiger partial charge < -0.3 is 0 Å². The van der Waals surface area contributed by atoms with Crippen molar-refractivity contribution in [3.8, 4) is 0 Å². The average Bonchev–Trinajstić information content (AvgIpc) is 2.40. The van der Waals surface area contributed by atoms with Gasteiger partial charge in [0.25, 0.3) is 0 Å². The van der Waals surface area contributed by atoms with Crippen molar-refractivity contribution in [2.24, 2.45) is 0 Å². The van der Waals surface area contributed by atoms with E-state index in [0.717, 1.165) is 6.42 Å². The first-order valence-corrected chi connectivity index (χ1v) is 9.32. The fourth-order valence-electron chi connectivity index (χ4n) is 3.11. The Morgan fingerprint density at radius 3 is 2.39 bits per heavy atom. The van der Waals surface area contributed by atoms with E-state index in [1.807, 2.05) is 0 Å². The molecule has 0 saturated heterocycles. The molecule has 0 heterocycles. The summed E-state index contributed by atoms with van der Waals surface area (Å²) < 4.78 is 0.365. The van der Waals surface area contributed by atoms with Gasteiger partial charge in [0.2, 0.25) is 0 Å². The molecule has 0 amide bonds. The first-order chi connectivity index (χ1) is 8.65. The number of ketones is 1. The van der Waals surface area contributed by atoms with Crippen LogP contribution >= 0.6 is 0 Å². The maximum absolute atomic E-state index is 11.4. The third-order valence-corrected chi connectivity index (χ3v) is 7.15. The van der Waals surface area contributed by atoms with Crippen LogP contribution < -0.4 is 0 Å². The van der Waals surface area contributed by atoms with Gasteiger partial charge in [-0.2, -0.15) is 0 Å². The second-order valence-electron chi connectivity index (χ2n) is 5.45. The van der Waals surface area contributed by atoms with Crippen LogP contribution in [-0.4, -0.2) is 20.7 Å². The number of Topliss-reactive ketones (excluding diaryl/α,β-unsaturated/α-hetero) is 1. The van der Waals surface area contributed by atoms with E-state index in [2.05, 4.69) is 36.2 Å². The number of benzene rings is 1. The second-order valence-corrected chi connectivity index (χ2v) is 8.12. The molecule has 1 aromatic carbocycles. The molecule has 0 N–H and O–H groups in total. The molecule has 0 spiro atoms. The van der Waals surface area contributed by atoms with Gasteiger partial charge in [-0.15, -0.1) is 0 Å². The molecule has 1 aliphatic rings. The molecule has 0 aliphatic heterocycles. The molecular weight excluding hydrogens is 287 g/mol. The van der Waals surface area contributed by atoms with E-state index < -0.39 is 0 Å². The van der Waals surface area contributed by atoms with E-state index in [1.54, 1.807) is 6.92 Å². The summed E-state index contributed by atoms with van der Waals surface area (Å²) in [4.78, 5) is 11.4. The van der Waals surface area contributed by atoms with Crippen LogP contribution in [0, 0.1) is 0 Å². The zero-order chi connectivity index (χ0) is 13.0. The summed E-state index contributed by atoms with van der Waals surface area (Å²) in [7, 11) is 0. The van der Waals surface area contributed by atoms with Crippen molar-refractivity contribution in [2.45, 2.75) is 55.1 Å². The van der Waals surface area contributed by atoms with Crippen molar-refractivity contribution in [3.63, 3.8) is 0 Å². The molecule has 1 saturated carbocycles. The van der Waals surface area contributed by atoms with Crippen molar-refractivity contribution >= 4 is 20.7 Å². The molecule has 1 aliphatic carbocycles. The van der Waals surface area contributed by atoms with Crippen LogP contribution in [0.5, 0.6) is 0 Å². The zero-order valence-electron chi connectivity index (χ0n) is 11.3. The van der Waals surface area contributed by atoms with Gasteiger partial charge in [-0.3, -0.25) is 0 Å². The summed E-state index contributed by atoms with van der Waals surface area (Å²) in [5, 5.41) is 0. The van der Waals surface area contributed by atoms with E-state index in [9.17, 15) is 4.79 Å². The Bertz CT molecular complexity index is 391. The standard InChI is InChI=1S/C16H22OSe/c1-13(17)12-16(18-2)10-8-15(9-11-16)14-6-4-3-5-7-14/h3-7,15H,8-12H2,1-2H3. The molecule has 0 atom stereocenters. The first-order valence-electron chi connectivity index (χ1n) is 6.75. The molecule has 0 radical (unpaired) electrons. The first kappa shape index (κ1) is 13.8. The predicted molar refractivity (Wildman–Crippen MR) is 77.3 cm³/mol. The minimum absolute atomic E-state index is 0.365. The van der Waals surface area contributed by atoms with Gasteiger partial charge in [-0.05, 0) is 0 Å². The fraction of sp³-hybridized carbons (Fsp3) is 0.562. The Morgan fingerprint density at radius 2 is 1.89 bits per heavy atom. The van der Waals surface area contributed by atoms with Gasteiger partial charge >= 0.3 is 117 Å². The Hall–Kier alpha value is -0.591. The summed E-state index contributed by atoms with van der Waals surface area (Å²) in [6, 6.07) is 10.9. The Balaban J connectivity index is 2.00. The van der Waals surface area contributed by atoms with Crippen LogP contribution in [0.4, 0.5) is 0 Å². The molecule has 1 fully saturated rings. The summed E-state index contributed by atoms with van der Waals surface area (Å²) in [5.74, 6) is 3.39. The number of carbonyl (C=O) groups is 1. The van der Waals surface area contributed by atoms with Gasteiger partial charge in [0.1, 0.15) is 0 Å². The molecule has 2 rings (SSSR count). The van der Waals surface area contributed by atoms with Gasteiger partial charge in [0.15, 0.2) is 0 Å². The van der Waals surface area contributed by atoms with Gasteiger partial charge in [-0.1, -0.05) is 0 Å². The van der Waals surface area contributed by atoms with Crippen LogP contribution in [-0.2, 0) is 4.79 Å². The minimum atomic E-state index is 0.365. The van der Waals surface area contributed by atoms with Crippen molar-refractivity contribution in [3.05, 3.63) is 35.9 Å². The molecular formula is C16H22OSe. The van der Waals surface area contributed by atoms with Gasteiger partial charge in [-0.25, -0.2) is 0 Å². The van der Waals surface area contributed by atoms with Crippen molar-refractivity contribution in [1.82, 2.24) is 0 Å². The van der Waals surface area contributed by atoms with E-state index in [0.29, 0.717) is 31.0 Å². The summed E-state index contributed by atoms with van der Waals surface area (Å²) >= 11 is 0.584. The third-order valence-electron chi connectivity index (χ3n) is 4.17. The average molecular weight is 309 g/mol. The van der Waals surface area contributed by atoms with Crippen LogP contribution in [0.1, 0.15) is 50.5 Å². The van der Waals surface area contributed by atoms with Crippen LogP contribution in [0.25, 0.3) is 0 Å². The molecule has 18 heavy (non-hydrogen) atoms. The number of hydrogen-bond acceptors (Lipinski definition) is 1. The molecule has 98 valence electrons. The van der Waals surface area contributed by atoms with Crippen LogP contribution in [0.15, 0.2) is 30.3 Å². The second kappa shape index (κ2) is 6.04. The summed E-state index contributed by atoms with van der Waals surface area (Å²) in [6.07, 6.45) is 5.80. The van der Waals surface area contributed by atoms with Gasteiger partial charge in [0.05, 0.1) is 0 Å². The number of rotatable bonds is 4. The maximum atomic E-state index is 11.4. The van der Waals surface area contributed by atoms with E-state index in [4.69, 9.17) is 0 Å². The zero-order valence-corrected chi connectivity index (χ0v) is 13.0. The Kier molecular flexibility index (Phi) is 4.64. The topological polar surface area (TPSA) is 17.1 Å². The van der Waals surface area contributed by atoms with E-state index in [1.165, 1.54) is 31.2 Å². The number of carbonyl (C=O) groups excluding carboxylic acids is 1. The van der Waals surface area contributed by atoms with E-state index in [-0.39, 0.29) is 0 Å². The monoisotopic (exact) mass is 310 g/mol. The molecule has 0 bridgehead atoms. The van der Waals surface area contributed by atoms with Crippen molar-refractivity contribution < 1.29 is 4.79 Å². The Labute approximate surface area is 117 Å². The quantitative estimate of drug-likeness (QED) is 0.761. The molecule has 1 nitrogen and oxygen atoms in total. The number of hydrogen-bond donors (Lipinski definition) is 0. The SMILES string of the molecule is C[Se]C1(CC(C)=O)CCC(c2ccccc2)CC1. The fourth-order valence-corrected chi connectivity index (χ4v) is 5.19. The van der Waals surface area contributed by atoms with Crippen LogP contribution in [0.2, 0.25) is 10.1 Å². The third kappa shape index (κ3) is 3.24. The predicted octanol–water partition coefficient (Wildman–Crippen LogP) is 4.23. The van der Waals surface area contributed by atoms with Crippen molar-refractivity contribution in [1.29, 1.82) is 0 Å². The molecule has 2 heteroatoms. The normalized spacial score (nSPS) is 28.0. The Morgan fingerprint density at radius 1 is 1.28 bits per heavy atom. The van der Waals surface area contributed by atoms with Crippen LogP contribution in [0.3, 0.4) is 0 Å². The van der Waals surface area contributed by atoms with Gasteiger partial charge in [0, 0.05) is 0 Å². The molecule has 1 aromatic rings. The summed E-state index contributed by atoms with van der Waals surface area (Å²) in [5.41, 5.74) is 1.48. The molecule has 0 unspecified atom stereocenters. The summed E-state index contributed by atoms with van der Waals surface area (Å²) in [6.45, 7) is 1.75. The van der Waals surface area contributed by atoms with Crippen molar-refractivity contribution in [2.75, 3.05) is 0 Å². The van der Waals surface area contributed by atoms with E-state index >= 15 is 0 Å².